The van der Waals surface area contributed by atoms with Crippen LogP contribution in [0, 0.1) is 0 Å². The van der Waals surface area contributed by atoms with Crippen LogP contribution in [0.15, 0.2) is 77.9 Å². The van der Waals surface area contributed by atoms with Crippen molar-refractivity contribution in [3.8, 4) is 45.6 Å². The van der Waals surface area contributed by atoms with Gasteiger partial charge in [-0.25, -0.2) is 10.2 Å². The lowest BCUT2D eigenvalue weighted by molar-refractivity contribution is 0.0728. The molecule has 12 heteroatoms. The van der Waals surface area contributed by atoms with Gasteiger partial charge in [0.2, 0.25) is 0 Å². The number of H-pyrrole nitrogens is 1. The zero-order chi connectivity index (χ0) is 34.2. The molecule has 5 aromatic rings. The molecule has 0 spiro atoms. The molecule has 0 saturated carbocycles. The molecular formula is C36H34ClN3O8. The van der Waals surface area contributed by atoms with Gasteiger partial charge in [-0.1, -0.05) is 29.8 Å². The first-order valence-corrected chi connectivity index (χ1v) is 15.4. The van der Waals surface area contributed by atoms with Crippen molar-refractivity contribution in [2.45, 2.75) is 13.8 Å². The number of hydrazone groups is 1. The Balaban J connectivity index is 1.38. The molecule has 48 heavy (non-hydrogen) atoms. The Morgan fingerprint density at radius 2 is 1.46 bits per heavy atom. The Morgan fingerprint density at radius 1 is 0.792 bits per heavy atom. The highest BCUT2D eigenvalue weighted by Crippen LogP contribution is 2.44. The number of methoxy groups -OCH3 is 3. The summed E-state index contributed by atoms with van der Waals surface area (Å²) >= 11 is 6.59. The molecule has 1 amide bonds. The third kappa shape index (κ3) is 7.01. The third-order valence-corrected chi connectivity index (χ3v) is 7.57. The molecule has 0 bridgehead atoms. The molecule has 0 radical (unpaired) electrons. The second-order valence-electron chi connectivity index (χ2n) is 10.1. The number of benzene rings is 4. The molecule has 0 atom stereocenters. The highest BCUT2D eigenvalue weighted by molar-refractivity contribution is 6.34. The Kier molecular flexibility index (Phi) is 10.7. The number of aromatic amines is 1. The van der Waals surface area contributed by atoms with Crippen LogP contribution in [0.5, 0.6) is 34.5 Å². The molecule has 5 rings (SSSR count). The fourth-order valence-corrected chi connectivity index (χ4v) is 5.33. The van der Waals surface area contributed by atoms with E-state index in [1.807, 2.05) is 26.0 Å². The van der Waals surface area contributed by atoms with Gasteiger partial charge in [0.1, 0.15) is 17.2 Å². The zero-order valence-corrected chi connectivity index (χ0v) is 27.8. The molecule has 2 N–H and O–H groups in total. The Morgan fingerprint density at radius 3 is 2.17 bits per heavy atom. The SMILES string of the molecule is CCOc1ccc(C(=O)Oc2ccc(C=NNC(=O)c3[nH]c4c(OC)ccc(OC)c4c3-c3ccccc3Cl)cc2OC)cc1OCC. The minimum Gasteiger partial charge on any atom is -0.496 e. The first-order valence-electron chi connectivity index (χ1n) is 15.0. The van der Waals surface area contributed by atoms with Crippen LogP contribution in [0.1, 0.15) is 40.3 Å². The lowest BCUT2D eigenvalue weighted by atomic mass is 10.0. The van der Waals surface area contributed by atoms with Gasteiger partial charge in [0.15, 0.2) is 23.0 Å². The maximum atomic E-state index is 13.6. The quantitative estimate of drug-likeness (QED) is 0.0578. The number of esters is 1. The van der Waals surface area contributed by atoms with E-state index in [0.29, 0.717) is 68.8 Å². The zero-order valence-electron chi connectivity index (χ0n) is 27.0. The van der Waals surface area contributed by atoms with Crippen molar-refractivity contribution in [2.75, 3.05) is 34.5 Å². The molecular weight excluding hydrogens is 638 g/mol. The van der Waals surface area contributed by atoms with E-state index in [2.05, 4.69) is 15.5 Å². The number of carbonyl (C=O) groups is 2. The van der Waals surface area contributed by atoms with Crippen LogP contribution in [-0.2, 0) is 0 Å². The summed E-state index contributed by atoms with van der Waals surface area (Å²) in [7, 11) is 4.54. The van der Waals surface area contributed by atoms with Gasteiger partial charge in [-0.2, -0.15) is 5.10 Å². The summed E-state index contributed by atoms with van der Waals surface area (Å²) in [5.41, 5.74) is 5.35. The Bertz CT molecular complexity index is 1990. The normalized spacial score (nSPS) is 11.0. The molecule has 0 aliphatic heterocycles. The van der Waals surface area contributed by atoms with Crippen molar-refractivity contribution in [3.05, 3.63) is 94.6 Å². The minimum atomic E-state index is -0.605. The predicted octanol–water partition coefficient (Wildman–Crippen LogP) is 7.29. The molecule has 0 aliphatic rings. The van der Waals surface area contributed by atoms with Crippen LogP contribution in [-0.4, -0.2) is 57.6 Å². The van der Waals surface area contributed by atoms with Crippen LogP contribution in [0.2, 0.25) is 5.02 Å². The standard InChI is InChI=1S/C36H34ClN3O8/c1-6-46-25-15-13-22(19-30(25)47-7-2)36(42)48-26-14-12-21(18-29(26)45-5)20-38-40-35(41)34-31(23-10-8-9-11-24(23)37)32-27(43-3)16-17-28(44-4)33(32)39-34/h8-20,39H,6-7H2,1-5H3,(H,40,41). The number of rotatable bonds is 13. The van der Waals surface area contributed by atoms with Crippen molar-refractivity contribution in [1.82, 2.24) is 10.4 Å². The molecule has 0 aliphatic carbocycles. The van der Waals surface area contributed by atoms with Crippen molar-refractivity contribution in [3.63, 3.8) is 0 Å². The van der Waals surface area contributed by atoms with Gasteiger partial charge < -0.3 is 33.4 Å². The lowest BCUT2D eigenvalue weighted by Gasteiger charge is -2.13. The van der Waals surface area contributed by atoms with Gasteiger partial charge in [0.05, 0.1) is 57.2 Å². The Hall–Kier alpha value is -5.68. The van der Waals surface area contributed by atoms with Crippen LogP contribution in [0.3, 0.4) is 0 Å². The molecule has 11 nitrogen and oxygen atoms in total. The summed E-state index contributed by atoms with van der Waals surface area (Å²) in [4.78, 5) is 29.8. The van der Waals surface area contributed by atoms with E-state index in [9.17, 15) is 9.59 Å². The topological polar surface area (TPSA) is 130 Å². The monoisotopic (exact) mass is 671 g/mol. The number of halogens is 1. The van der Waals surface area contributed by atoms with Crippen LogP contribution < -0.4 is 33.8 Å². The third-order valence-electron chi connectivity index (χ3n) is 7.24. The van der Waals surface area contributed by atoms with Crippen molar-refractivity contribution in [1.29, 1.82) is 0 Å². The first-order chi connectivity index (χ1) is 23.3. The summed E-state index contributed by atoms with van der Waals surface area (Å²) in [5, 5.41) is 5.25. The number of carbonyl (C=O) groups excluding carboxylic acids is 2. The summed E-state index contributed by atoms with van der Waals surface area (Å²) in [5.74, 6) is 1.38. The van der Waals surface area contributed by atoms with Gasteiger partial charge in [0.25, 0.3) is 5.91 Å². The van der Waals surface area contributed by atoms with Crippen molar-refractivity contribution in [2.24, 2.45) is 5.10 Å². The fraction of sp³-hybridized carbons (Fsp3) is 0.194. The number of ether oxygens (including phenoxy) is 6. The van der Waals surface area contributed by atoms with Crippen molar-refractivity contribution >= 4 is 40.6 Å². The van der Waals surface area contributed by atoms with Gasteiger partial charge in [-0.05, 0) is 74.0 Å². The minimum absolute atomic E-state index is 0.195. The van der Waals surface area contributed by atoms with Gasteiger partial charge in [-0.3, -0.25) is 4.79 Å². The molecule has 4 aromatic carbocycles. The van der Waals surface area contributed by atoms with E-state index in [1.54, 1.807) is 74.9 Å². The second kappa shape index (κ2) is 15.3. The van der Waals surface area contributed by atoms with Crippen molar-refractivity contribution < 1.29 is 38.0 Å². The number of amides is 1. The molecule has 1 aromatic heterocycles. The van der Waals surface area contributed by atoms with E-state index < -0.39 is 11.9 Å². The summed E-state index contributed by atoms with van der Waals surface area (Å²) < 4.78 is 33.5. The number of aromatic nitrogens is 1. The van der Waals surface area contributed by atoms with E-state index in [1.165, 1.54) is 13.3 Å². The number of nitrogens with one attached hydrogen (secondary N) is 2. The molecule has 248 valence electrons. The van der Waals surface area contributed by atoms with Crippen LogP contribution in [0.25, 0.3) is 22.0 Å². The highest BCUT2D eigenvalue weighted by atomic mass is 35.5. The van der Waals surface area contributed by atoms with E-state index in [4.69, 9.17) is 40.0 Å². The molecule has 0 unspecified atom stereocenters. The van der Waals surface area contributed by atoms with Gasteiger partial charge >= 0.3 is 5.97 Å². The average molecular weight is 672 g/mol. The van der Waals surface area contributed by atoms with E-state index in [0.717, 1.165) is 0 Å². The van der Waals surface area contributed by atoms with Crippen LogP contribution in [0.4, 0.5) is 0 Å². The fourth-order valence-electron chi connectivity index (χ4n) is 5.10. The second-order valence-corrected chi connectivity index (χ2v) is 10.5. The maximum absolute atomic E-state index is 13.6. The number of nitrogens with zero attached hydrogens (tertiary/aromatic N) is 1. The summed E-state index contributed by atoms with van der Waals surface area (Å²) in [6.45, 7) is 4.57. The van der Waals surface area contributed by atoms with Crippen LogP contribution >= 0.6 is 11.6 Å². The largest absolute Gasteiger partial charge is 0.496 e. The maximum Gasteiger partial charge on any atom is 0.343 e. The Labute approximate surface area is 282 Å². The number of hydrogen-bond acceptors (Lipinski definition) is 9. The molecule has 1 heterocycles. The van der Waals surface area contributed by atoms with E-state index >= 15 is 0 Å². The number of hydrogen-bond donors (Lipinski definition) is 2. The van der Waals surface area contributed by atoms with Gasteiger partial charge in [0, 0.05) is 16.1 Å². The highest BCUT2D eigenvalue weighted by Gasteiger charge is 2.25. The van der Waals surface area contributed by atoms with Gasteiger partial charge in [-0.15, -0.1) is 0 Å². The summed E-state index contributed by atoms with van der Waals surface area (Å²) in [6.07, 6.45) is 1.44. The summed E-state index contributed by atoms with van der Waals surface area (Å²) in [6, 6.07) is 20.4. The first kappa shape index (κ1) is 33.7. The number of fused-ring (bicyclic) bond motifs is 1. The molecule has 0 fully saturated rings. The predicted molar refractivity (Wildman–Crippen MR) is 184 cm³/mol. The lowest BCUT2D eigenvalue weighted by Crippen LogP contribution is -2.19. The smallest absolute Gasteiger partial charge is 0.343 e. The molecule has 0 saturated heterocycles. The van der Waals surface area contributed by atoms with E-state index in [-0.39, 0.29) is 22.8 Å². The average Bonchev–Trinajstić information content (AvgIpc) is 3.50.